The number of urea groups is 1. The zero-order chi connectivity index (χ0) is 26.2. The van der Waals surface area contributed by atoms with Gasteiger partial charge in [0.25, 0.3) is 0 Å². The van der Waals surface area contributed by atoms with Crippen LogP contribution >= 0.6 is 0 Å². The summed E-state index contributed by atoms with van der Waals surface area (Å²) >= 11 is 0. The summed E-state index contributed by atoms with van der Waals surface area (Å²) < 4.78 is 5.19. The topological polar surface area (TPSA) is 95.6 Å². The molecule has 1 aromatic heterocycles. The standard InChI is InChI=1S/C29H37N5O3/c1-4-37-28(35)25(18-20-10-6-5-7-11-20)33-29(36)31-22-16-14-21(15-17-22)30-27-19-26(34(2)3)23-12-8-9-13-24(23)32-27/h5-13,19,21-22,25H,4,14-18H2,1-3H3,(H,30,32)(H2,31,33,36). The number of hydrogen-bond donors (Lipinski definition) is 3. The molecule has 37 heavy (non-hydrogen) atoms. The van der Waals surface area contributed by atoms with E-state index in [2.05, 4.69) is 33.0 Å². The number of nitrogens with one attached hydrogen (secondary N) is 3. The molecule has 0 saturated heterocycles. The fraction of sp³-hybridized carbons (Fsp3) is 0.414. The molecule has 0 radical (unpaired) electrons. The minimum absolute atomic E-state index is 0.0551. The summed E-state index contributed by atoms with van der Waals surface area (Å²) in [4.78, 5) is 32.1. The lowest BCUT2D eigenvalue weighted by atomic mass is 9.91. The second-order valence-corrected chi connectivity index (χ2v) is 9.74. The van der Waals surface area contributed by atoms with E-state index in [9.17, 15) is 9.59 Å². The number of pyridine rings is 1. The summed E-state index contributed by atoms with van der Waals surface area (Å²) in [6.45, 7) is 2.03. The lowest BCUT2D eigenvalue weighted by Gasteiger charge is -2.30. The first-order chi connectivity index (χ1) is 17.9. The van der Waals surface area contributed by atoms with Crippen molar-refractivity contribution < 1.29 is 14.3 Å². The van der Waals surface area contributed by atoms with Gasteiger partial charge in [0.15, 0.2) is 0 Å². The van der Waals surface area contributed by atoms with Crippen LogP contribution in [0.25, 0.3) is 10.9 Å². The monoisotopic (exact) mass is 503 g/mol. The van der Waals surface area contributed by atoms with Gasteiger partial charge in [-0.05, 0) is 44.2 Å². The van der Waals surface area contributed by atoms with Crippen molar-refractivity contribution in [3.8, 4) is 0 Å². The van der Waals surface area contributed by atoms with Crippen LogP contribution in [0, 0.1) is 0 Å². The Bertz CT molecular complexity index is 1190. The van der Waals surface area contributed by atoms with Crippen LogP contribution < -0.4 is 20.9 Å². The van der Waals surface area contributed by atoms with E-state index in [-0.39, 0.29) is 24.7 Å². The molecule has 1 aliphatic carbocycles. The molecular formula is C29H37N5O3. The van der Waals surface area contributed by atoms with E-state index in [0.29, 0.717) is 6.42 Å². The zero-order valence-electron chi connectivity index (χ0n) is 21.9. The summed E-state index contributed by atoms with van der Waals surface area (Å²) in [6, 6.07) is 19.2. The Labute approximate surface area is 218 Å². The van der Waals surface area contributed by atoms with E-state index in [1.54, 1.807) is 6.92 Å². The second-order valence-electron chi connectivity index (χ2n) is 9.74. The first-order valence-corrected chi connectivity index (χ1v) is 13.0. The first-order valence-electron chi connectivity index (χ1n) is 13.0. The molecule has 0 bridgehead atoms. The molecule has 2 aromatic carbocycles. The van der Waals surface area contributed by atoms with Gasteiger partial charge in [-0.3, -0.25) is 0 Å². The minimum Gasteiger partial charge on any atom is -0.464 e. The van der Waals surface area contributed by atoms with Crippen molar-refractivity contribution in [2.75, 3.05) is 30.9 Å². The number of carbonyl (C=O) groups excluding carboxylic acids is 2. The van der Waals surface area contributed by atoms with Crippen molar-refractivity contribution in [1.29, 1.82) is 0 Å². The zero-order valence-corrected chi connectivity index (χ0v) is 21.9. The third-order valence-corrected chi connectivity index (χ3v) is 6.75. The highest BCUT2D eigenvalue weighted by Gasteiger charge is 2.26. The van der Waals surface area contributed by atoms with Crippen molar-refractivity contribution in [3.05, 3.63) is 66.2 Å². The number of aromatic nitrogens is 1. The largest absolute Gasteiger partial charge is 0.464 e. The number of benzene rings is 2. The van der Waals surface area contributed by atoms with Gasteiger partial charge < -0.3 is 25.6 Å². The molecular weight excluding hydrogens is 466 g/mol. The fourth-order valence-electron chi connectivity index (χ4n) is 4.86. The van der Waals surface area contributed by atoms with Crippen LogP contribution in [-0.4, -0.2) is 55.8 Å². The van der Waals surface area contributed by atoms with Crippen molar-refractivity contribution in [3.63, 3.8) is 0 Å². The smallest absolute Gasteiger partial charge is 0.329 e. The molecule has 1 unspecified atom stereocenters. The number of para-hydroxylation sites is 1. The number of nitrogens with zero attached hydrogens (tertiary/aromatic N) is 2. The average Bonchev–Trinajstić information content (AvgIpc) is 2.89. The van der Waals surface area contributed by atoms with Gasteiger partial charge in [0.05, 0.1) is 12.1 Å². The van der Waals surface area contributed by atoms with Crippen LogP contribution in [0.4, 0.5) is 16.3 Å². The third-order valence-electron chi connectivity index (χ3n) is 6.75. The van der Waals surface area contributed by atoms with Gasteiger partial charge in [0.2, 0.25) is 0 Å². The summed E-state index contributed by atoms with van der Waals surface area (Å²) in [6.07, 6.45) is 3.92. The third kappa shape index (κ3) is 7.12. The van der Waals surface area contributed by atoms with Crippen LogP contribution in [0.5, 0.6) is 0 Å². The van der Waals surface area contributed by atoms with Crippen molar-refractivity contribution in [2.24, 2.45) is 0 Å². The van der Waals surface area contributed by atoms with Crippen molar-refractivity contribution >= 4 is 34.4 Å². The maximum Gasteiger partial charge on any atom is 0.329 e. The lowest BCUT2D eigenvalue weighted by Crippen LogP contribution is -2.51. The molecule has 0 aliphatic heterocycles. The highest BCUT2D eigenvalue weighted by Crippen LogP contribution is 2.29. The number of hydrogen-bond acceptors (Lipinski definition) is 6. The number of ether oxygens (including phenoxy) is 1. The van der Waals surface area contributed by atoms with Gasteiger partial charge in [-0.2, -0.15) is 0 Å². The van der Waals surface area contributed by atoms with E-state index < -0.39 is 12.0 Å². The van der Waals surface area contributed by atoms with Crippen molar-refractivity contribution in [1.82, 2.24) is 15.6 Å². The maximum absolute atomic E-state index is 12.8. The Kier molecular flexibility index (Phi) is 8.82. The molecule has 196 valence electrons. The molecule has 1 fully saturated rings. The number of anilines is 2. The molecule has 3 aromatic rings. The minimum atomic E-state index is -0.731. The molecule has 1 saturated carbocycles. The van der Waals surface area contributed by atoms with Gasteiger partial charge in [0.1, 0.15) is 11.9 Å². The summed E-state index contributed by atoms with van der Waals surface area (Å²) in [5.41, 5.74) is 3.06. The molecule has 3 N–H and O–H groups in total. The summed E-state index contributed by atoms with van der Waals surface area (Å²) in [5.74, 6) is 0.448. The quantitative estimate of drug-likeness (QED) is 0.372. The number of fused-ring (bicyclic) bond motifs is 1. The predicted octanol–water partition coefficient (Wildman–Crippen LogP) is 4.50. The lowest BCUT2D eigenvalue weighted by molar-refractivity contribution is -0.145. The van der Waals surface area contributed by atoms with Crippen LogP contribution in [0.15, 0.2) is 60.7 Å². The summed E-state index contributed by atoms with van der Waals surface area (Å²) in [7, 11) is 4.08. The molecule has 1 heterocycles. The Morgan fingerprint density at radius 3 is 2.38 bits per heavy atom. The van der Waals surface area contributed by atoms with Crippen LogP contribution in [-0.2, 0) is 16.0 Å². The van der Waals surface area contributed by atoms with E-state index >= 15 is 0 Å². The number of amides is 2. The first kappa shape index (κ1) is 26.3. The van der Waals surface area contributed by atoms with Crippen LogP contribution in [0.1, 0.15) is 38.2 Å². The normalized spacial score (nSPS) is 18.0. The maximum atomic E-state index is 12.8. The number of rotatable bonds is 9. The number of carbonyl (C=O) groups is 2. The molecule has 2 amide bonds. The SMILES string of the molecule is CCOC(=O)C(Cc1ccccc1)NC(=O)NC1CCC(Nc2cc(N(C)C)c3ccccc3n2)CC1. The Morgan fingerprint density at radius 2 is 1.68 bits per heavy atom. The fourth-order valence-corrected chi connectivity index (χ4v) is 4.86. The van der Waals surface area contributed by atoms with Gasteiger partial charge in [-0.25, -0.2) is 14.6 Å². The summed E-state index contributed by atoms with van der Waals surface area (Å²) in [5, 5.41) is 10.6. The van der Waals surface area contributed by atoms with Gasteiger partial charge >= 0.3 is 12.0 Å². The Morgan fingerprint density at radius 1 is 1.00 bits per heavy atom. The number of esters is 1. The van der Waals surface area contributed by atoms with E-state index in [4.69, 9.17) is 9.72 Å². The predicted molar refractivity (Wildman–Crippen MR) is 148 cm³/mol. The van der Waals surface area contributed by atoms with Crippen LogP contribution in [0.2, 0.25) is 0 Å². The van der Waals surface area contributed by atoms with E-state index in [0.717, 1.165) is 53.7 Å². The Hall–Kier alpha value is -3.81. The van der Waals surface area contributed by atoms with Gasteiger partial charge in [-0.1, -0.05) is 48.5 Å². The van der Waals surface area contributed by atoms with E-state index in [1.807, 2.05) is 62.6 Å². The Balaban J connectivity index is 1.31. The average molecular weight is 504 g/mol. The van der Waals surface area contributed by atoms with Crippen molar-refractivity contribution in [2.45, 2.75) is 57.2 Å². The molecule has 8 nitrogen and oxygen atoms in total. The van der Waals surface area contributed by atoms with E-state index in [1.165, 1.54) is 0 Å². The van der Waals surface area contributed by atoms with Gasteiger partial charge in [-0.15, -0.1) is 0 Å². The van der Waals surface area contributed by atoms with Gasteiger partial charge in [0, 0.05) is 49.7 Å². The highest BCUT2D eigenvalue weighted by atomic mass is 16.5. The molecule has 4 rings (SSSR count). The molecule has 1 aliphatic rings. The van der Waals surface area contributed by atoms with Crippen LogP contribution in [0.3, 0.4) is 0 Å². The molecule has 8 heteroatoms. The second kappa shape index (κ2) is 12.4. The molecule has 0 spiro atoms. The highest BCUT2D eigenvalue weighted by molar-refractivity contribution is 5.93. The molecule has 1 atom stereocenters.